The molecule has 1 aliphatic heterocycles. The summed E-state index contributed by atoms with van der Waals surface area (Å²) in [4.78, 5) is 1.31. The third kappa shape index (κ3) is 3.77. The van der Waals surface area contributed by atoms with E-state index in [0.717, 1.165) is 36.9 Å². The Labute approximate surface area is 126 Å². The third-order valence-electron chi connectivity index (χ3n) is 3.63. The van der Waals surface area contributed by atoms with Crippen LogP contribution in [0.5, 0.6) is 0 Å². The van der Waals surface area contributed by atoms with Gasteiger partial charge in [-0.05, 0) is 28.9 Å². The highest BCUT2D eigenvalue weighted by molar-refractivity contribution is 9.10. The second kappa shape index (κ2) is 7.15. The fraction of sp³-hybridized carbons (Fsp3) is 0.692. The minimum Gasteiger partial charge on any atom is -0.381 e. The Bertz CT molecular complexity index is 388. The molecule has 0 aromatic carbocycles. The molecule has 3 N–H and O–H groups in total. The van der Waals surface area contributed by atoms with Gasteiger partial charge < -0.3 is 9.47 Å². The number of rotatable bonds is 6. The Morgan fingerprint density at radius 1 is 1.58 bits per heavy atom. The predicted molar refractivity (Wildman–Crippen MR) is 81.2 cm³/mol. The number of hydrazine groups is 1. The van der Waals surface area contributed by atoms with Crippen molar-refractivity contribution in [2.75, 3.05) is 19.8 Å². The van der Waals surface area contributed by atoms with Gasteiger partial charge in [0.2, 0.25) is 0 Å². The summed E-state index contributed by atoms with van der Waals surface area (Å²) in [6.07, 6.45) is 2.66. The zero-order valence-electron chi connectivity index (χ0n) is 11.2. The van der Waals surface area contributed by atoms with Crippen molar-refractivity contribution in [1.82, 2.24) is 5.43 Å². The van der Waals surface area contributed by atoms with Gasteiger partial charge in [-0.3, -0.25) is 11.3 Å². The number of nitrogens with one attached hydrogen (secondary N) is 1. The molecule has 6 heteroatoms. The van der Waals surface area contributed by atoms with Crippen molar-refractivity contribution in [3.8, 4) is 0 Å². The largest absolute Gasteiger partial charge is 0.381 e. The molecule has 0 spiro atoms. The molecule has 1 fully saturated rings. The van der Waals surface area contributed by atoms with Gasteiger partial charge >= 0.3 is 0 Å². The number of hydrogen-bond acceptors (Lipinski definition) is 5. The Morgan fingerprint density at radius 2 is 2.32 bits per heavy atom. The van der Waals surface area contributed by atoms with Crippen molar-refractivity contribution in [2.45, 2.75) is 37.8 Å². The van der Waals surface area contributed by atoms with Crippen molar-refractivity contribution in [3.63, 3.8) is 0 Å². The number of thiophene rings is 1. The van der Waals surface area contributed by atoms with Gasteiger partial charge in [0.15, 0.2) is 0 Å². The Hall–Kier alpha value is 0.0200. The first-order valence-corrected chi connectivity index (χ1v) is 8.28. The molecule has 1 aromatic rings. The fourth-order valence-electron chi connectivity index (χ4n) is 2.66. The lowest BCUT2D eigenvalue weighted by atomic mass is 9.84. The molecule has 2 rings (SSSR count). The molecule has 0 aliphatic carbocycles. The fourth-order valence-corrected chi connectivity index (χ4v) is 4.15. The number of halogens is 1. The van der Waals surface area contributed by atoms with E-state index in [1.807, 2.05) is 6.92 Å². The van der Waals surface area contributed by atoms with E-state index in [2.05, 4.69) is 32.8 Å². The molecule has 1 unspecified atom stereocenters. The van der Waals surface area contributed by atoms with Crippen molar-refractivity contribution >= 4 is 27.3 Å². The van der Waals surface area contributed by atoms with Crippen LogP contribution in [0.1, 0.15) is 24.6 Å². The molecule has 1 atom stereocenters. The molecular formula is C13H21BrN2O2S. The van der Waals surface area contributed by atoms with Gasteiger partial charge in [0.25, 0.3) is 0 Å². The Balaban J connectivity index is 2.12. The molecule has 1 aromatic heterocycles. The van der Waals surface area contributed by atoms with E-state index >= 15 is 0 Å². The highest BCUT2D eigenvalue weighted by Crippen LogP contribution is 2.32. The van der Waals surface area contributed by atoms with Crippen LogP contribution in [0.2, 0.25) is 0 Å². The standard InChI is InChI=1S/C13H21BrN2O2S/c1-2-18-13(3-5-17-6-4-13)12(16-15)8-11-7-10(14)9-19-11/h7,9,12,16H,2-6,8,15H2,1H3. The molecule has 108 valence electrons. The molecular weight excluding hydrogens is 328 g/mol. The SMILES string of the molecule is CCOC1(C(Cc2cc(Br)cs2)NN)CCOCC1. The first kappa shape index (κ1) is 15.4. The van der Waals surface area contributed by atoms with E-state index in [0.29, 0.717) is 6.61 Å². The maximum absolute atomic E-state index is 6.07. The molecule has 19 heavy (non-hydrogen) atoms. The monoisotopic (exact) mass is 348 g/mol. The molecule has 0 radical (unpaired) electrons. The Morgan fingerprint density at radius 3 is 2.84 bits per heavy atom. The van der Waals surface area contributed by atoms with Crippen LogP contribution in [-0.4, -0.2) is 31.5 Å². The molecule has 1 saturated heterocycles. The lowest BCUT2D eigenvalue weighted by Gasteiger charge is -2.42. The van der Waals surface area contributed by atoms with Crippen LogP contribution in [0.3, 0.4) is 0 Å². The third-order valence-corrected chi connectivity index (χ3v) is 5.35. The van der Waals surface area contributed by atoms with Gasteiger partial charge in [0.05, 0.1) is 11.6 Å². The first-order valence-electron chi connectivity index (χ1n) is 6.61. The topological polar surface area (TPSA) is 56.5 Å². The molecule has 0 bridgehead atoms. The van der Waals surface area contributed by atoms with E-state index < -0.39 is 0 Å². The van der Waals surface area contributed by atoms with E-state index in [1.54, 1.807) is 11.3 Å². The average molecular weight is 349 g/mol. The van der Waals surface area contributed by atoms with Gasteiger partial charge in [-0.2, -0.15) is 0 Å². The summed E-state index contributed by atoms with van der Waals surface area (Å²) in [6, 6.07) is 2.26. The number of hydrogen-bond donors (Lipinski definition) is 2. The van der Waals surface area contributed by atoms with Crippen LogP contribution in [0.15, 0.2) is 15.9 Å². The lowest BCUT2D eigenvalue weighted by molar-refractivity contribution is -0.126. The van der Waals surface area contributed by atoms with E-state index in [4.69, 9.17) is 15.3 Å². The van der Waals surface area contributed by atoms with Crippen LogP contribution < -0.4 is 11.3 Å². The van der Waals surface area contributed by atoms with Crippen molar-refractivity contribution in [2.24, 2.45) is 5.84 Å². The van der Waals surface area contributed by atoms with Gasteiger partial charge in [0.1, 0.15) is 0 Å². The van der Waals surface area contributed by atoms with Crippen molar-refractivity contribution < 1.29 is 9.47 Å². The summed E-state index contributed by atoms with van der Waals surface area (Å²) in [5.74, 6) is 5.80. The second-order valence-electron chi connectivity index (χ2n) is 4.76. The van der Waals surface area contributed by atoms with Gasteiger partial charge in [0, 0.05) is 53.8 Å². The first-order chi connectivity index (χ1) is 9.20. The van der Waals surface area contributed by atoms with Crippen molar-refractivity contribution in [1.29, 1.82) is 0 Å². The zero-order chi connectivity index (χ0) is 13.7. The van der Waals surface area contributed by atoms with E-state index in [1.165, 1.54) is 4.88 Å². The van der Waals surface area contributed by atoms with Crippen LogP contribution in [0.25, 0.3) is 0 Å². The summed E-state index contributed by atoms with van der Waals surface area (Å²) < 4.78 is 12.7. The summed E-state index contributed by atoms with van der Waals surface area (Å²) in [5.41, 5.74) is 2.76. The molecule has 0 amide bonds. The van der Waals surface area contributed by atoms with Crippen LogP contribution in [0.4, 0.5) is 0 Å². The molecule has 2 heterocycles. The van der Waals surface area contributed by atoms with Crippen molar-refractivity contribution in [3.05, 3.63) is 20.8 Å². The summed E-state index contributed by atoms with van der Waals surface area (Å²) >= 11 is 5.24. The smallest absolute Gasteiger partial charge is 0.0895 e. The minimum absolute atomic E-state index is 0.113. The van der Waals surface area contributed by atoms with E-state index in [9.17, 15) is 0 Å². The second-order valence-corrected chi connectivity index (χ2v) is 6.68. The van der Waals surface area contributed by atoms with Crippen LogP contribution in [0, 0.1) is 0 Å². The maximum atomic E-state index is 6.07. The van der Waals surface area contributed by atoms with Gasteiger partial charge in [-0.1, -0.05) is 0 Å². The highest BCUT2D eigenvalue weighted by Gasteiger charge is 2.40. The lowest BCUT2D eigenvalue weighted by Crippen LogP contribution is -2.58. The van der Waals surface area contributed by atoms with Gasteiger partial charge in [-0.15, -0.1) is 11.3 Å². The van der Waals surface area contributed by atoms with Crippen LogP contribution in [-0.2, 0) is 15.9 Å². The van der Waals surface area contributed by atoms with Crippen LogP contribution >= 0.6 is 27.3 Å². The Kier molecular flexibility index (Phi) is 5.80. The quantitative estimate of drug-likeness (QED) is 0.612. The predicted octanol–water partition coefficient (Wildman–Crippen LogP) is 2.47. The summed E-state index contributed by atoms with van der Waals surface area (Å²) in [6.45, 7) is 4.22. The molecule has 4 nitrogen and oxygen atoms in total. The summed E-state index contributed by atoms with van der Waals surface area (Å²) in [5, 5.41) is 2.10. The minimum atomic E-state index is -0.210. The molecule has 0 saturated carbocycles. The summed E-state index contributed by atoms with van der Waals surface area (Å²) in [7, 11) is 0. The van der Waals surface area contributed by atoms with E-state index in [-0.39, 0.29) is 11.6 Å². The zero-order valence-corrected chi connectivity index (χ0v) is 13.6. The highest BCUT2D eigenvalue weighted by atomic mass is 79.9. The normalized spacial score (nSPS) is 20.4. The molecule has 1 aliphatic rings. The maximum Gasteiger partial charge on any atom is 0.0895 e. The number of ether oxygens (including phenoxy) is 2. The van der Waals surface area contributed by atoms with Gasteiger partial charge in [-0.25, -0.2) is 0 Å². The number of nitrogens with two attached hydrogens (primary N) is 1. The average Bonchev–Trinajstić information content (AvgIpc) is 2.83.